The number of hydrogen-bond donors (Lipinski definition) is 1. The normalized spacial score (nSPS) is 17.5. The van der Waals surface area contributed by atoms with E-state index in [1.165, 1.54) is 28.6 Å². The Morgan fingerprint density at radius 3 is 3.19 bits per heavy atom. The second-order valence-electron chi connectivity index (χ2n) is 6.84. The van der Waals surface area contributed by atoms with Crippen LogP contribution in [0.1, 0.15) is 36.5 Å². The summed E-state index contributed by atoms with van der Waals surface area (Å²) in [5.74, 6) is 1.88. The van der Waals surface area contributed by atoms with Crippen LogP contribution in [0.25, 0.3) is 10.8 Å². The third kappa shape index (κ3) is 4.27. The standard InChI is InChI=1S/C19H21N3O3S2/c1-11-5-6-15-13(8-11)9-16(27-15)18-21-22-19(25-18)26-12(2)17(23)20-10-14-4-3-7-24-14/h3-4,7,9,11-12H,5-6,8,10H2,1-2H3,(H,20,23)/t11-,12-/m1/s1. The average molecular weight is 404 g/mol. The molecule has 0 saturated carbocycles. The highest BCUT2D eigenvalue weighted by atomic mass is 32.2. The van der Waals surface area contributed by atoms with Crippen molar-refractivity contribution in [1.82, 2.24) is 15.5 Å². The van der Waals surface area contributed by atoms with Crippen LogP contribution in [0.15, 0.2) is 38.5 Å². The number of fused-ring (bicyclic) bond motifs is 1. The maximum absolute atomic E-state index is 12.2. The Balaban J connectivity index is 1.37. The summed E-state index contributed by atoms with van der Waals surface area (Å²) < 4.78 is 11.0. The largest absolute Gasteiger partial charge is 0.467 e. The van der Waals surface area contributed by atoms with Crippen LogP contribution in [-0.2, 0) is 24.2 Å². The first-order valence-electron chi connectivity index (χ1n) is 9.00. The van der Waals surface area contributed by atoms with E-state index in [1.807, 2.05) is 13.0 Å². The van der Waals surface area contributed by atoms with E-state index in [2.05, 4.69) is 28.5 Å². The highest BCUT2D eigenvalue weighted by Crippen LogP contribution is 2.37. The van der Waals surface area contributed by atoms with Crippen LogP contribution in [0.4, 0.5) is 0 Å². The van der Waals surface area contributed by atoms with Crippen molar-refractivity contribution in [3.63, 3.8) is 0 Å². The van der Waals surface area contributed by atoms with Gasteiger partial charge < -0.3 is 14.2 Å². The Kier molecular flexibility index (Phi) is 5.36. The van der Waals surface area contributed by atoms with Crippen LogP contribution >= 0.6 is 23.1 Å². The molecule has 1 amide bonds. The molecule has 2 atom stereocenters. The summed E-state index contributed by atoms with van der Waals surface area (Å²) in [5, 5.41) is 11.2. The van der Waals surface area contributed by atoms with Gasteiger partial charge in [-0.1, -0.05) is 18.7 Å². The quantitative estimate of drug-likeness (QED) is 0.618. The van der Waals surface area contributed by atoms with E-state index in [4.69, 9.17) is 8.83 Å². The van der Waals surface area contributed by atoms with E-state index in [9.17, 15) is 4.79 Å². The van der Waals surface area contributed by atoms with Gasteiger partial charge in [-0.25, -0.2) is 0 Å². The molecule has 0 bridgehead atoms. The smallest absolute Gasteiger partial charge is 0.277 e. The number of hydrogen-bond acceptors (Lipinski definition) is 7. The second kappa shape index (κ2) is 7.90. The van der Waals surface area contributed by atoms with E-state index in [-0.39, 0.29) is 11.2 Å². The molecular weight excluding hydrogens is 382 g/mol. The number of rotatable bonds is 6. The molecule has 3 aromatic heterocycles. The van der Waals surface area contributed by atoms with Crippen molar-refractivity contribution in [2.75, 3.05) is 0 Å². The number of aryl methyl sites for hydroxylation is 1. The molecule has 27 heavy (non-hydrogen) atoms. The van der Waals surface area contributed by atoms with E-state index < -0.39 is 0 Å². The van der Waals surface area contributed by atoms with Gasteiger partial charge in [-0.15, -0.1) is 21.5 Å². The molecule has 1 N–H and O–H groups in total. The van der Waals surface area contributed by atoms with Crippen LogP contribution in [-0.4, -0.2) is 21.4 Å². The average Bonchev–Trinajstić information content (AvgIpc) is 3.39. The lowest BCUT2D eigenvalue weighted by Crippen LogP contribution is -2.30. The fourth-order valence-corrected chi connectivity index (χ4v) is 4.94. The van der Waals surface area contributed by atoms with E-state index in [0.29, 0.717) is 17.7 Å². The zero-order valence-electron chi connectivity index (χ0n) is 15.2. The minimum atomic E-state index is -0.342. The predicted molar refractivity (Wildman–Crippen MR) is 105 cm³/mol. The molecule has 142 valence electrons. The Hall–Kier alpha value is -2.06. The third-order valence-corrected chi connectivity index (χ3v) is 6.77. The molecule has 3 heterocycles. The van der Waals surface area contributed by atoms with Crippen molar-refractivity contribution in [3.05, 3.63) is 40.7 Å². The van der Waals surface area contributed by atoms with Crippen molar-refractivity contribution in [2.45, 2.75) is 50.1 Å². The van der Waals surface area contributed by atoms with E-state index >= 15 is 0 Å². The number of carbonyl (C=O) groups is 1. The third-order valence-electron chi connectivity index (χ3n) is 4.61. The van der Waals surface area contributed by atoms with Gasteiger partial charge in [0.2, 0.25) is 5.91 Å². The number of furan rings is 1. The first-order chi connectivity index (χ1) is 13.1. The van der Waals surface area contributed by atoms with Crippen LogP contribution in [0.5, 0.6) is 0 Å². The zero-order chi connectivity index (χ0) is 18.8. The topological polar surface area (TPSA) is 81.2 Å². The molecule has 1 aliphatic carbocycles. The van der Waals surface area contributed by atoms with Gasteiger partial charge in [-0.3, -0.25) is 4.79 Å². The Bertz CT molecular complexity index is 917. The number of nitrogens with zero attached hydrogens (tertiary/aromatic N) is 2. The lowest BCUT2D eigenvalue weighted by molar-refractivity contribution is -0.120. The number of amides is 1. The van der Waals surface area contributed by atoms with Gasteiger partial charge in [0.25, 0.3) is 11.1 Å². The minimum Gasteiger partial charge on any atom is -0.467 e. The summed E-state index contributed by atoms with van der Waals surface area (Å²) in [6.07, 6.45) is 5.07. The SMILES string of the molecule is C[C@@H]1CCc2sc(-c3nnc(S[C@H](C)C(=O)NCc4ccco4)o3)cc2C1. The first kappa shape index (κ1) is 18.3. The Morgan fingerprint density at radius 1 is 1.48 bits per heavy atom. The molecule has 0 unspecified atom stereocenters. The summed E-state index contributed by atoms with van der Waals surface area (Å²) in [6.45, 7) is 4.47. The van der Waals surface area contributed by atoms with Crippen molar-refractivity contribution < 1.29 is 13.6 Å². The zero-order valence-corrected chi connectivity index (χ0v) is 16.9. The molecule has 0 aliphatic heterocycles. The number of aromatic nitrogens is 2. The lowest BCUT2D eigenvalue weighted by Gasteiger charge is -2.16. The number of thioether (sulfide) groups is 1. The predicted octanol–water partition coefficient (Wildman–Crippen LogP) is 4.31. The summed E-state index contributed by atoms with van der Waals surface area (Å²) in [5.41, 5.74) is 1.41. The fourth-order valence-electron chi connectivity index (χ4n) is 3.10. The summed E-state index contributed by atoms with van der Waals surface area (Å²) in [4.78, 5) is 14.7. The molecule has 0 spiro atoms. The summed E-state index contributed by atoms with van der Waals surface area (Å²) in [6, 6.07) is 5.80. The van der Waals surface area contributed by atoms with Crippen LogP contribution in [0, 0.1) is 5.92 Å². The summed E-state index contributed by atoms with van der Waals surface area (Å²) in [7, 11) is 0. The van der Waals surface area contributed by atoms with Gasteiger partial charge >= 0.3 is 0 Å². The van der Waals surface area contributed by atoms with E-state index in [1.54, 1.807) is 23.7 Å². The Labute approximate surface area is 165 Å². The highest BCUT2D eigenvalue weighted by molar-refractivity contribution is 8.00. The molecule has 0 saturated heterocycles. The van der Waals surface area contributed by atoms with Gasteiger partial charge in [0.1, 0.15) is 5.76 Å². The molecular formula is C19H21N3O3S2. The second-order valence-corrected chi connectivity index (χ2v) is 9.27. The fraction of sp³-hybridized carbons (Fsp3) is 0.421. The highest BCUT2D eigenvalue weighted by Gasteiger charge is 2.22. The van der Waals surface area contributed by atoms with Gasteiger partial charge in [-0.05, 0) is 55.9 Å². The number of nitrogens with one attached hydrogen (secondary N) is 1. The van der Waals surface area contributed by atoms with Gasteiger partial charge in [0, 0.05) is 4.88 Å². The van der Waals surface area contributed by atoms with Crippen molar-refractivity contribution >= 4 is 29.0 Å². The van der Waals surface area contributed by atoms with Crippen LogP contribution < -0.4 is 5.32 Å². The molecule has 4 rings (SSSR count). The molecule has 0 aromatic carbocycles. The molecule has 8 heteroatoms. The summed E-state index contributed by atoms with van der Waals surface area (Å²) >= 11 is 3.00. The molecule has 6 nitrogen and oxygen atoms in total. The number of carbonyl (C=O) groups excluding carboxylic acids is 1. The Morgan fingerprint density at radius 2 is 2.37 bits per heavy atom. The number of thiophene rings is 1. The van der Waals surface area contributed by atoms with Crippen molar-refractivity contribution in [3.8, 4) is 10.8 Å². The monoisotopic (exact) mass is 403 g/mol. The lowest BCUT2D eigenvalue weighted by atomic mass is 9.90. The first-order valence-corrected chi connectivity index (χ1v) is 10.7. The molecule has 1 aliphatic rings. The maximum Gasteiger partial charge on any atom is 0.277 e. The van der Waals surface area contributed by atoms with Crippen molar-refractivity contribution in [1.29, 1.82) is 0 Å². The van der Waals surface area contributed by atoms with Gasteiger partial charge in [0.05, 0.1) is 22.9 Å². The molecule has 3 aromatic rings. The maximum atomic E-state index is 12.2. The van der Waals surface area contributed by atoms with Gasteiger partial charge in [-0.2, -0.15) is 0 Å². The molecule has 0 radical (unpaired) electrons. The van der Waals surface area contributed by atoms with Crippen LogP contribution in [0.3, 0.4) is 0 Å². The van der Waals surface area contributed by atoms with Crippen LogP contribution in [0.2, 0.25) is 0 Å². The van der Waals surface area contributed by atoms with Crippen molar-refractivity contribution in [2.24, 2.45) is 5.92 Å². The molecule has 0 fully saturated rings. The minimum absolute atomic E-state index is 0.100. The van der Waals surface area contributed by atoms with E-state index in [0.717, 1.165) is 29.4 Å². The van der Waals surface area contributed by atoms with Gasteiger partial charge in [0.15, 0.2) is 0 Å².